The summed E-state index contributed by atoms with van der Waals surface area (Å²) in [6.07, 6.45) is -2.25. The van der Waals surface area contributed by atoms with E-state index in [1.807, 2.05) is 13.8 Å². The molecule has 0 unspecified atom stereocenters. The van der Waals surface area contributed by atoms with E-state index in [0.29, 0.717) is 15.5 Å². The number of amides is 1. The number of benzene rings is 1. The van der Waals surface area contributed by atoms with Gasteiger partial charge >= 0.3 is 6.18 Å². The van der Waals surface area contributed by atoms with E-state index in [9.17, 15) is 22.8 Å². The number of thiazole rings is 1. The molecule has 7 nitrogen and oxygen atoms in total. The molecule has 1 saturated heterocycles. The van der Waals surface area contributed by atoms with Crippen LogP contribution >= 0.6 is 23.1 Å². The van der Waals surface area contributed by atoms with Crippen LogP contribution in [-0.4, -0.2) is 39.3 Å². The van der Waals surface area contributed by atoms with Crippen LogP contribution < -0.4 is 15.8 Å². The van der Waals surface area contributed by atoms with Crippen molar-refractivity contribution in [1.29, 1.82) is 0 Å². The van der Waals surface area contributed by atoms with Crippen molar-refractivity contribution >= 4 is 50.2 Å². The Balaban J connectivity index is 1.51. The second kappa shape index (κ2) is 9.34. The van der Waals surface area contributed by atoms with Crippen molar-refractivity contribution in [3.63, 3.8) is 0 Å². The van der Waals surface area contributed by atoms with Crippen molar-refractivity contribution in [1.82, 2.24) is 14.5 Å². The summed E-state index contributed by atoms with van der Waals surface area (Å²) in [5.74, 6) is -0.477. The molecule has 12 heteroatoms. The highest BCUT2D eigenvalue weighted by atomic mass is 32.2. The van der Waals surface area contributed by atoms with Crippen LogP contribution in [0.4, 0.5) is 24.0 Å². The predicted molar refractivity (Wildman–Crippen MR) is 124 cm³/mol. The van der Waals surface area contributed by atoms with Crippen molar-refractivity contribution in [2.24, 2.45) is 0 Å². The van der Waals surface area contributed by atoms with Crippen LogP contribution in [0.5, 0.6) is 0 Å². The van der Waals surface area contributed by atoms with Gasteiger partial charge in [-0.1, -0.05) is 23.1 Å². The van der Waals surface area contributed by atoms with E-state index < -0.39 is 17.6 Å². The third-order valence-corrected chi connectivity index (χ3v) is 7.19. The summed E-state index contributed by atoms with van der Waals surface area (Å²) >= 11 is 2.43. The van der Waals surface area contributed by atoms with Gasteiger partial charge in [-0.05, 0) is 51.0 Å². The molecular formula is C21H22F3N5O2S2. The van der Waals surface area contributed by atoms with Crippen LogP contribution in [0.15, 0.2) is 34.2 Å². The highest BCUT2D eigenvalue weighted by molar-refractivity contribution is 7.99. The van der Waals surface area contributed by atoms with E-state index in [1.165, 1.54) is 23.5 Å². The quantitative estimate of drug-likeness (QED) is 0.390. The second-order valence-electron chi connectivity index (χ2n) is 7.92. The van der Waals surface area contributed by atoms with Crippen molar-refractivity contribution in [2.45, 2.75) is 44.1 Å². The molecule has 1 fully saturated rings. The fourth-order valence-corrected chi connectivity index (χ4v) is 5.44. The molecule has 0 radical (unpaired) electrons. The van der Waals surface area contributed by atoms with Gasteiger partial charge < -0.3 is 10.2 Å². The normalized spacial score (nSPS) is 14.4. The summed E-state index contributed by atoms with van der Waals surface area (Å²) in [5.41, 5.74) is -0.351. The molecule has 33 heavy (non-hydrogen) atoms. The third kappa shape index (κ3) is 5.16. The number of alkyl halides is 3. The van der Waals surface area contributed by atoms with Crippen LogP contribution in [0.3, 0.4) is 0 Å². The van der Waals surface area contributed by atoms with Gasteiger partial charge in [-0.15, -0.1) is 0 Å². The third-order valence-electron chi connectivity index (χ3n) is 5.14. The zero-order valence-electron chi connectivity index (χ0n) is 18.0. The van der Waals surface area contributed by atoms with E-state index >= 15 is 0 Å². The van der Waals surface area contributed by atoms with Crippen LogP contribution in [-0.2, 0) is 11.0 Å². The Morgan fingerprint density at radius 2 is 1.85 bits per heavy atom. The molecule has 1 aliphatic rings. The van der Waals surface area contributed by atoms with Crippen molar-refractivity contribution in [3.05, 3.63) is 40.2 Å². The summed E-state index contributed by atoms with van der Waals surface area (Å²) in [4.78, 5) is 36.8. The molecule has 0 bridgehead atoms. The number of thioether (sulfide) groups is 1. The lowest BCUT2D eigenvalue weighted by Gasteiger charge is -2.14. The Morgan fingerprint density at radius 1 is 1.18 bits per heavy atom. The number of carbonyl (C=O) groups excluding carboxylic acids is 1. The summed E-state index contributed by atoms with van der Waals surface area (Å²) < 4.78 is 40.1. The lowest BCUT2D eigenvalue weighted by molar-refractivity contribution is -0.137. The lowest BCUT2D eigenvalue weighted by Crippen LogP contribution is -2.25. The Bertz CT molecular complexity index is 1220. The van der Waals surface area contributed by atoms with E-state index in [-0.39, 0.29) is 23.0 Å². The Labute approximate surface area is 196 Å². The number of anilines is 2. The SMILES string of the molecule is CC(C)n1c(SCC(=O)Nc2ccc(C(F)(F)F)cc2)nc2nc(N3CCCC3)sc2c1=O. The molecule has 0 atom stereocenters. The number of aromatic nitrogens is 3. The molecule has 0 aliphatic carbocycles. The highest BCUT2D eigenvalue weighted by Gasteiger charge is 2.30. The van der Waals surface area contributed by atoms with E-state index in [1.54, 1.807) is 4.57 Å². The first kappa shape index (κ1) is 23.6. The molecular weight excluding hydrogens is 475 g/mol. The predicted octanol–water partition coefficient (Wildman–Crippen LogP) is 4.78. The number of halogens is 3. The molecule has 1 aromatic carbocycles. The van der Waals surface area contributed by atoms with Crippen molar-refractivity contribution in [3.8, 4) is 0 Å². The molecule has 1 amide bonds. The average molecular weight is 498 g/mol. The Morgan fingerprint density at radius 3 is 2.45 bits per heavy atom. The number of rotatable bonds is 6. The molecule has 0 spiro atoms. The van der Waals surface area contributed by atoms with E-state index in [4.69, 9.17) is 0 Å². The number of hydrogen-bond donors (Lipinski definition) is 1. The van der Waals surface area contributed by atoms with Gasteiger partial charge in [-0.2, -0.15) is 18.2 Å². The van der Waals surface area contributed by atoms with Crippen LogP contribution in [0, 0.1) is 0 Å². The van der Waals surface area contributed by atoms with Crippen LogP contribution in [0.2, 0.25) is 0 Å². The van der Waals surface area contributed by atoms with Gasteiger partial charge in [0.25, 0.3) is 5.56 Å². The second-order valence-corrected chi connectivity index (χ2v) is 9.84. The molecule has 4 rings (SSSR count). The fraction of sp³-hybridized carbons (Fsp3) is 0.429. The number of nitrogens with zero attached hydrogens (tertiary/aromatic N) is 4. The zero-order chi connectivity index (χ0) is 23.8. The van der Waals surface area contributed by atoms with Crippen molar-refractivity contribution < 1.29 is 18.0 Å². The van der Waals surface area contributed by atoms with Gasteiger partial charge in [0.05, 0.1) is 11.3 Å². The van der Waals surface area contributed by atoms with Crippen LogP contribution in [0.25, 0.3) is 10.3 Å². The van der Waals surface area contributed by atoms with Gasteiger partial charge in [0.15, 0.2) is 15.9 Å². The first-order valence-corrected chi connectivity index (χ1v) is 12.2. The largest absolute Gasteiger partial charge is 0.416 e. The minimum Gasteiger partial charge on any atom is -0.348 e. The summed E-state index contributed by atoms with van der Waals surface area (Å²) in [6.45, 7) is 5.54. The standard InChI is InChI=1S/C21H22F3N5O2S2/c1-12(2)29-18(31)16-17(26-19(33-16)28-9-3-4-10-28)27-20(29)32-11-15(30)25-14-7-5-13(6-8-14)21(22,23)24/h5-8,12H,3-4,9-11H2,1-2H3,(H,25,30). The van der Waals surface area contributed by atoms with Gasteiger partial charge in [0, 0.05) is 24.8 Å². The van der Waals surface area contributed by atoms with Gasteiger partial charge in [0.2, 0.25) is 5.91 Å². The molecule has 3 heterocycles. The molecule has 3 aromatic rings. The molecule has 2 aromatic heterocycles. The molecule has 176 valence electrons. The fourth-order valence-electron chi connectivity index (χ4n) is 3.53. The van der Waals surface area contributed by atoms with Gasteiger partial charge in [-0.25, -0.2) is 4.98 Å². The maximum Gasteiger partial charge on any atom is 0.416 e. The monoisotopic (exact) mass is 497 g/mol. The Kier molecular flexibility index (Phi) is 6.66. The first-order valence-electron chi connectivity index (χ1n) is 10.4. The zero-order valence-corrected chi connectivity index (χ0v) is 19.6. The van der Waals surface area contributed by atoms with Crippen molar-refractivity contribution in [2.75, 3.05) is 29.1 Å². The summed E-state index contributed by atoms with van der Waals surface area (Å²) in [7, 11) is 0. The average Bonchev–Trinajstić information content (AvgIpc) is 3.41. The Hall–Kier alpha value is -2.60. The maximum absolute atomic E-state index is 13.1. The summed E-state index contributed by atoms with van der Waals surface area (Å²) in [5, 5.41) is 3.73. The minimum absolute atomic E-state index is 0.0607. The number of nitrogens with one attached hydrogen (secondary N) is 1. The number of hydrogen-bond acceptors (Lipinski definition) is 7. The molecule has 0 saturated carbocycles. The van der Waals surface area contributed by atoms with Crippen LogP contribution in [0.1, 0.15) is 38.3 Å². The van der Waals surface area contributed by atoms with E-state index in [2.05, 4.69) is 20.2 Å². The first-order chi connectivity index (χ1) is 15.6. The van der Waals surface area contributed by atoms with Gasteiger partial charge in [0.1, 0.15) is 4.70 Å². The highest BCUT2D eigenvalue weighted by Crippen LogP contribution is 2.31. The smallest absolute Gasteiger partial charge is 0.348 e. The molecule has 1 N–H and O–H groups in total. The minimum atomic E-state index is -4.44. The lowest BCUT2D eigenvalue weighted by atomic mass is 10.2. The maximum atomic E-state index is 13.1. The topological polar surface area (TPSA) is 80.1 Å². The number of fused-ring (bicyclic) bond motifs is 1. The van der Waals surface area contributed by atoms with Gasteiger partial charge in [-0.3, -0.25) is 14.2 Å². The summed E-state index contributed by atoms with van der Waals surface area (Å²) in [6, 6.07) is 4.06. The molecule has 1 aliphatic heterocycles. The van der Waals surface area contributed by atoms with E-state index in [0.717, 1.165) is 55.0 Å². The number of carbonyl (C=O) groups is 1.